The van der Waals surface area contributed by atoms with Crippen molar-refractivity contribution in [3.63, 3.8) is 0 Å². The number of methoxy groups -OCH3 is 1. The molecule has 1 unspecified atom stereocenters. The summed E-state index contributed by atoms with van der Waals surface area (Å²) in [4.78, 5) is 10.9. The number of benzene rings is 1. The summed E-state index contributed by atoms with van der Waals surface area (Å²) in [5.74, 6) is -1.12. The first-order chi connectivity index (χ1) is 7.09. The molecule has 1 aromatic rings. The van der Waals surface area contributed by atoms with Crippen LogP contribution in [0.2, 0.25) is 0 Å². The van der Waals surface area contributed by atoms with Gasteiger partial charge >= 0.3 is 5.97 Å². The molecular weight excluding hydrogens is 199 g/mol. The number of alkyl halides is 1. The van der Waals surface area contributed by atoms with E-state index in [4.69, 9.17) is 9.84 Å². The molecule has 0 heterocycles. The number of halogens is 1. The van der Waals surface area contributed by atoms with Crippen molar-refractivity contribution < 1.29 is 19.0 Å². The largest absolute Gasteiger partial charge is 0.496 e. The fourth-order valence-corrected chi connectivity index (χ4v) is 2.05. The van der Waals surface area contributed by atoms with Gasteiger partial charge in [0.05, 0.1) is 7.11 Å². The Morgan fingerprint density at radius 3 is 2.93 bits per heavy atom. The van der Waals surface area contributed by atoms with E-state index in [0.717, 1.165) is 5.56 Å². The minimum Gasteiger partial charge on any atom is -0.496 e. The second-order valence-corrected chi connectivity index (χ2v) is 3.60. The Morgan fingerprint density at radius 1 is 1.60 bits per heavy atom. The smallest absolute Gasteiger partial charge is 0.346 e. The normalized spacial score (nSPS) is 23.6. The standard InChI is InChI=1S/C11H11FO3/c1-15-8-4-2-3-7-5-6-11(12,9(7)8)10(13)14/h2-4H,5-6H2,1H3,(H,13,14). The third-order valence-electron chi connectivity index (χ3n) is 2.81. The van der Waals surface area contributed by atoms with E-state index in [9.17, 15) is 9.18 Å². The van der Waals surface area contributed by atoms with E-state index >= 15 is 0 Å². The van der Waals surface area contributed by atoms with Gasteiger partial charge in [-0.1, -0.05) is 12.1 Å². The van der Waals surface area contributed by atoms with Crippen molar-refractivity contribution in [1.29, 1.82) is 0 Å². The van der Waals surface area contributed by atoms with Crippen LogP contribution >= 0.6 is 0 Å². The van der Waals surface area contributed by atoms with Crippen molar-refractivity contribution in [2.24, 2.45) is 0 Å². The van der Waals surface area contributed by atoms with Crippen LogP contribution in [0.5, 0.6) is 5.75 Å². The second kappa shape index (κ2) is 3.22. The van der Waals surface area contributed by atoms with Crippen LogP contribution < -0.4 is 4.74 Å². The van der Waals surface area contributed by atoms with Crippen molar-refractivity contribution in [1.82, 2.24) is 0 Å². The Balaban J connectivity index is 2.62. The van der Waals surface area contributed by atoms with Crippen LogP contribution in [0.4, 0.5) is 4.39 Å². The van der Waals surface area contributed by atoms with Gasteiger partial charge in [0.25, 0.3) is 0 Å². The van der Waals surface area contributed by atoms with Gasteiger partial charge in [0.2, 0.25) is 5.67 Å². The summed E-state index contributed by atoms with van der Waals surface area (Å²) in [6.07, 6.45) is 0.424. The molecule has 0 saturated carbocycles. The quantitative estimate of drug-likeness (QED) is 0.810. The van der Waals surface area contributed by atoms with E-state index in [-0.39, 0.29) is 12.0 Å². The molecule has 1 atom stereocenters. The Bertz CT molecular complexity index is 416. The molecule has 0 saturated heterocycles. The van der Waals surface area contributed by atoms with Crippen LogP contribution in [-0.4, -0.2) is 18.2 Å². The maximum absolute atomic E-state index is 14.2. The number of fused-ring (bicyclic) bond motifs is 1. The number of hydrogen-bond acceptors (Lipinski definition) is 2. The molecule has 3 nitrogen and oxygen atoms in total. The van der Waals surface area contributed by atoms with E-state index < -0.39 is 11.6 Å². The van der Waals surface area contributed by atoms with Crippen LogP contribution in [-0.2, 0) is 16.9 Å². The van der Waals surface area contributed by atoms with Gasteiger partial charge in [-0.15, -0.1) is 0 Å². The topological polar surface area (TPSA) is 46.5 Å². The molecule has 15 heavy (non-hydrogen) atoms. The van der Waals surface area contributed by atoms with Crippen LogP contribution in [0, 0.1) is 0 Å². The number of aryl methyl sites for hydroxylation is 1. The summed E-state index contributed by atoms with van der Waals surface area (Å²) >= 11 is 0. The first-order valence-corrected chi connectivity index (χ1v) is 4.68. The van der Waals surface area contributed by atoms with Gasteiger partial charge in [-0.3, -0.25) is 0 Å². The molecule has 80 valence electrons. The monoisotopic (exact) mass is 210 g/mol. The molecule has 0 radical (unpaired) electrons. The Kier molecular flexibility index (Phi) is 2.14. The van der Waals surface area contributed by atoms with Crippen molar-refractivity contribution in [2.45, 2.75) is 18.5 Å². The fourth-order valence-electron chi connectivity index (χ4n) is 2.05. The van der Waals surface area contributed by atoms with Crippen molar-refractivity contribution >= 4 is 5.97 Å². The molecule has 4 heteroatoms. The first-order valence-electron chi connectivity index (χ1n) is 4.68. The highest BCUT2D eigenvalue weighted by Gasteiger charge is 2.48. The molecule has 1 N–H and O–H groups in total. The van der Waals surface area contributed by atoms with Crippen LogP contribution in [0.3, 0.4) is 0 Å². The van der Waals surface area contributed by atoms with Crippen LogP contribution in [0.15, 0.2) is 18.2 Å². The SMILES string of the molecule is COc1cccc2c1C(F)(C(=O)O)CC2. The molecule has 0 spiro atoms. The molecule has 1 aromatic carbocycles. The minimum absolute atomic E-state index is 0.0158. The summed E-state index contributed by atoms with van der Waals surface area (Å²) in [6, 6.07) is 5.06. The van der Waals surface area contributed by atoms with Gasteiger partial charge in [0.1, 0.15) is 5.75 Å². The van der Waals surface area contributed by atoms with E-state index in [1.165, 1.54) is 7.11 Å². The number of carboxylic acid groups (broad SMARTS) is 1. The summed E-state index contributed by atoms with van der Waals surface area (Å²) < 4.78 is 19.2. The minimum atomic E-state index is -2.29. The Morgan fingerprint density at radius 2 is 2.33 bits per heavy atom. The predicted molar refractivity (Wildman–Crippen MR) is 51.7 cm³/mol. The van der Waals surface area contributed by atoms with Gasteiger partial charge in [-0.25, -0.2) is 9.18 Å². The van der Waals surface area contributed by atoms with E-state index in [0.29, 0.717) is 12.2 Å². The molecule has 0 fully saturated rings. The molecule has 0 amide bonds. The lowest BCUT2D eigenvalue weighted by Crippen LogP contribution is -2.28. The molecule has 2 rings (SSSR count). The van der Waals surface area contributed by atoms with Crippen LogP contribution in [0.1, 0.15) is 17.5 Å². The van der Waals surface area contributed by atoms with E-state index in [1.54, 1.807) is 18.2 Å². The van der Waals surface area contributed by atoms with Crippen molar-refractivity contribution in [3.8, 4) is 5.75 Å². The number of aliphatic carboxylic acids is 1. The molecule has 1 aliphatic rings. The maximum atomic E-state index is 14.2. The first kappa shape index (κ1) is 9.96. The van der Waals surface area contributed by atoms with Gasteiger partial charge < -0.3 is 9.84 Å². The molecule has 0 bridgehead atoms. The Hall–Kier alpha value is -1.58. The number of carboxylic acids is 1. The third kappa shape index (κ3) is 1.28. The van der Waals surface area contributed by atoms with Crippen LogP contribution in [0.25, 0.3) is 0 Å². The van der Waals surface area contributed by atoms with E-state index in [1.807, 2.05) is 0 Å². The van der Waals surface area contributed by atoms with Gasteiger partial charge in [0, 0.05) is 12.0 Å². The fraction of sp³-hybridized carbons (Fsp3) is 0.364. The number of rotatable bonds is 2. The molecule has 0 aromatic heterocycles. The predicted octanol–water partition coefficient (Wildman–Crippen LogP) is 1.89. The average Bonchev–Trinajstić information content (AvgIpc) is 2.58. The summed E-state index contributed by atoms with van der Waals surface area (Å²) in [5.41, 5.74) is -1.39. The van der Waals surface area contributed by atoms with Crippen molar-refractivity contribution in [2.75, 3.05) is 7.11 Å². The van der Waals surface area contributed by atoms with Crippen molar-refractivity contribution in [3.05, 3.63) is 29.3 Å². The summed E-state index contributed by atoms with van der Waals surface area (Å²) in [7, 11) is 1.41. The number of carbonyl (C=O) groups is 1. The van der Waals surface area contributed by atoms with Gasteiger partial charge in [-0.05, 0) is 18.1 Å². The molecular formula is C11H11FO3. The lowest BCUT2D eigenvalue weighted by Gasteiger charge is -2.17. The number of hydrogen-bond donors (Lipinski definition) is 1. The zero-order chi connectivity index (χ0) is 11.1. The number of ether oxygens (including phenoxy) is 1. The maximum Gasteiger partial charge on any atom is 0.346 e. The summed E-state index contributed by atoms with van der Waals surface area (Å²) in [6.45, 7) is 0. The zero-order valence-corrected chi connectivity index (χ0v) is 8.29. The lowest BCUT2D eigenvalue weighted by atomic mass is 9.97. The lowest BCUT2D eigenvalue weighted by molar-refractivity contribution is -0.151. The van der Waals surface area contributed by atoms with Gasteiger partial charge in [0.15, 0.2) is 0 Å². The zero-order valence-electron chi connectivity index (χ0n) is 8.29. The van der Waals surface area contributed by atoms with E-state index in [2.05, 4.69) is 0 Å². The third-order valence-corrected chi connectivity index (χ3v) is 2.81. The second-order valence-electron chi connectivity index (χ2n) is 3.60. The highest BCUT2D eigenvalue weighted by Crippen LogP contribution is 2.45. The summed E-state index contributed by atoms with van der Waals surface area (Å²) in [5, 5.41) is 8.91. The molecule has 0 aliphatic heterocycles. The highest BCUT2D eigenvalue weighted by atomic mass is 19.1. The Labute approximate surface area is 86.5 Å². The van der Waals surface area contributed by atoms with Gasteiger partial charge in [-0.2, -0.15) is 0 Å². The molecule has 1 aliphatic carbocycles. The average molecular weight is 210 g/mol. The highest BCUT2D eigenvalue weighted by molar-refractivity contribution is 5.82.